The van der Waals surface area contributed by atoms with Gasteiger partial charge in [0.2, 0.25) is 0 Å². The molecule has 0 amide bonds. The summed E-state index contributed by atoms with van der Waals surface area (Å²) in [4.78, 5) is 0. The molecular weight excluding hydrogens is 239 g/mol. The van der Waals surface area contributed by atoms with Crippen molar-refractivity contribution in [1.29, 1.82) is 0 Å². The highest BCUT2D eigenvalue weighted by Gasteiger charge is 2.15. The molecule has 0 aromatic carbocycles. The van der Waals surface area contributed by atoms with Crippen LogP contribution in [0.4, 0.5) is 0 Å². The van der Waals surface area contributed by atoms with E-state index in [0.29, 0.717) is 14.6 Å². The lowest BCUT2D eigenvalue weighted by Gasteiger charge is -2.10. The molecular formula is C10H14Cl2OS. The lowest BCUT2D eigenvalue weighted by atomic mass is 10.0. The van der Waals surface area contributed by atoms with Crippen LogP contribution >= 0.6 is 34.5 Å². The first kappa shape index (κ1) is 12.3. The molecule has 0 radical (unpaired) electrons. The first-order valence-corrected chi connectivity index (χ1v) is 6.20. The predicted molar refractivity (Wildman–Crippen MR) is 63.4 cm³/mol. The normalized spacial score (nSPS) is 13.6. The largest absolute Gasteiger partial charge is 0.388 e. The van der Waals surface area contributed by atoms with Gasteiger partial charge in [0.1, 0.15) is 4.34 Å². The lowest BCUT2D eigenvalue weighted by Crippen LogP contribution is -1.98. The van der Waals surface area contributed by atoms with Crippen molar-refractivity contribution in [2.45, 2.75) is 32.8 Å². The minimum absolute atomic E-state index is 0.478. The molecule has 1 nitrogen and oxygen atoms in total. The van der Waals surface area contributed by atoms with Crippen LogP contribution in [0.3, 0.4) is 0 Å². The van der Waals surface area contributed by atoms with Gasteiger partial charge in [-0.2, -0.15) is 0 Å². The van der Waals surface area contributed by atoms with E-state index in [4.69, 9.17) is 23.2 Å². The maximum Gasteiger partial charge on any atom is 0.100 e. The molecule has 0 aliphatic heterocycles. The molecule has 4 heteroatoms. The Morgan fingerprint density at radius 1 is 1.36 bits per heavy atom. The van der Waals surface area contributed by atoms with Crippen molar-refractivity contribution in [2.75, 3.05) is 0 Å². The number of hydrogen-bond acceptors (Lipinski definition) is 2. The fourth-order valence-electron chi connectivity index (χ4n) is 1.23. The SMILES string of the molecule is CC(C)CCC(O)c1cc(Cl)sc1Cl. The summed E-state index contributed by atoms with van der Waals surface area (Å²) in [5.41, 5.74) is 0.766. The number of thiophene rings is 1. The van der Waals surface area contributed by atoms with Crippen molar-refractivity contribution >= 4 is 34.5 Å². The Morgan fingerprint density at radius 2 is 2.00 bits per heavy atom. The standard InChI is InChI=1S/C10H14Cl2OS/c1-6(2)3-4-8(13)7-5-9(11)14-10(7)12/h5-6,8,13H,3-4H2,1-2H3. The molecule has 0 aliphatic carbocycles. The van der Waals surface area contributed by atoms with E-state index in [-0.39, 0.29) is 0 Å². The first-order valence-electron chi connectivity index (χ1n) is 4.63. The second-order valence-corrected chi connectivity index (χ2v) is 6.05. The highest BCUT2D eigenvalue weighted by molar-refractivity contribution is 7.20. The molecule has 1 unspecified atom stereocenters. The van der Waals surface area contributed by atoms with E-state index in [1.807, 2.05) is 0 Å². The molecule has 1 heterocycles. The molecule has 14 heavy (non-hydrogen) atoms. The molecule has 0 spiro atoms. The zero-order chi connectivity index (χ0) is 10.7. The van der Waals surface area contributed by atoms with Crippen LogP contribution in [-0.2, 0) is 0 Å². The van der Waals surface area contributed by atoms with E-state index in [9.17, 15) is 5.11 Å². The van der Waals surface area contributed by atoms with Gasteiger partial charge in [0.15, 0.2) is 0 Å². The van der Waals surface area contributed by atoms with Gasteiger partial charge in [0, 0.05) is 5.56 Å². The quantitative estimate of drug-likeness (QED) is 0.836. The van der Waals surface area contributed by atoms with E-state index >= 15 is 0 Å². The Labute approximate surface area is 98.7 Å². The van der Waals surface area contributed by atoms with Crippen molar-refractivity contribution in [2.24, 2.45) is 5.92 Å². The van der Waals surface area contributed by atoms with Crippen molar-refractivity contribution in [3.63, 3.8) is 0 Å². The fraction of sp³-hybridized carbons (Fsp3) is 0.600. The summed E-state index contributed by atoms with van der Waals surface area (Å²) in [7, 11) is 0. The van der Waals surface area contributed by atoms with Gasteiger partial charge in [-0.1, -0.05) is 37.0 Å². The van der Waals surface area contributed by atoms with Gasteiger partial charge in [-0.05, 0) is 24.8 Å². The van der Waals surface area contributed by atoms with Crippen molar-refractivity contribution in [3.05, 3.63) is 20.3 Å². The third-order valence-corrected chi connectivity index (χ3v) is 3.58. The minimum Gasteiger partial charge on any atom is -0.388 e. The van der Waals surface area contributed by atoms with Gasteiger partial charge < -0.3 is 5.11 Å². The lowest BCUT2D eigenvalue weighted by molar-refractivity contribution is 0.160. The number of hydrogen-bond donors (Lipinski definition) is 1. The van der Waals surface area contributed by atoms with E-state index in [0.717, 1.165) is 18.4 Å². The second kappa shape index (κ2) is 5.36. The van der Waals surface area contributed by atoms with E-state index in [1.54, 1.807) is 6.07 Å². The molecule has 0 saturated heterocycles. The summed E-state index contributed by atoms with van der Waals surface area (Å²) in [6.45, 7) is 4.27. The Kier molecular flexibility index (Phi) is 4.71. The monoisotopic (exact) mass is 252 g/mol. The molecule has 0 saturated carbocycles. The van der Waals surface area contributed by atoms with Crippen LogP contribution in [0.25, 0.3) is 0 Å². The summed E-state index contributed by atoms with van der Waals surface area (Å²) in [5, 5.41) is 9.83. The maximum atomic E-state index is 9.83. The van der Waals surface area contributed by atoms with Gasteiger partial charge >= 0.3 is 0 Å². The number of rotatable bonds is 4. The van der Waals surface area contributed by atoms with Crippen LogP contribution in [0, 0.1) is 5.92 Å². The topological polar surface area (TPSA) is 20.2 Å². The summed E-state index contributed by atoms with van der Waals surface area (Å²) in [6.07, 6.45) is 1.25. The highest BCUT2D eigenvalue weighted by atomic mass is 35.5. The predicted octanol–water partition coefficient (Wildman–Crippen LogP) is 4.52. The second-order valence-electron chi connectivity index (χ2n) is 3.77. The molecule has 0 bridgehead atoms. The van der Waals surface area contributed by atoms with Crippen molar-refractivity contribution in [3.8, 4) is 0 Å². The molecule has 0 aliphatic rings. The Bertz CT molecular complexity index is 296. The van der Waals surface area contributed by atoms with Gasteiger partial charge in [-0.25, -0.2) is 0 Å². The summed E-state index contributed by atoms with van der Waals surface area (Å²) < 4.78 is 1.24. The zero-order valence-corrected chi connectivity index (χ0v) is 10.6. The van der Waals surface area contributed by atoms with Crippen molar-refractivity contribution < 1.29 is 5.11 Å². The average molecular weight is 253 g/mol. The van der Waals surface area contributed by atoms with Crippen LogP contribution in [0.5, 0.6) is 0 Å². The van der Waals surface area contributed by atoms with Crippen LogP contribution in [0.2, 0.25) is 8.67 Å². The Balaban J connectivity index is 2.60. The van der Waals surface area contributed by atoms with Crippen LogP contribution in [0.1, 0.15) is 38.4 Å². The summed E-state index contributed by atoms with van der Waals surface area (Å²) in [6, 6.07) is 1.75. The van der Waals surface area contributed by atoms with Crippen LogP contribution < -0.4 is 0 Å². The van der Waals surface area contributed by atoms with E-state index in [1.165, 1.54) is 11.3 Å². The molecule has 1 rings (SSSR count). The fourth-order valence-corrected chi connectivity index (χ4v) is 2.79. The third kappa shape index (κ3) is 3.43. The van der Waals surface area contributed by atoms with Crippen LogP contribution in [-0.4, -0.2) is 5.11 Å². The third-order valence-electron chi connectivity index (χ3n) is 2.06. The average Bonchev–Trinajstić information content (AvgIpc) is 2.41. The molecule has 1 atom stereocenters. The smallest absolute Gasteiger partial charge is 0.100 e. The maximum absolute atomic E-state index is 9.83. The van der Waals surface area contributed by atoms with Gasteiger partial charge in [-0.15, -0.1) is 11.3 Å². The summed E-state index contributed by atoms with van der Waals surface area (Å²) in [5.74, 6) is 0.595. The molecule has 1 N–H and O–H groups in total. The van der Waals surface area contributed by atoms with Crippen LogP contribution in [0.15, 0.2) is 6.07 Å². The van der Waals surface area contributed by atoms with E-state index in [2.05, 4.69) is 13.8 Å². The van der Waals surface area contributed by atoms with Gasteiger partial charge in [0.05, 0.1) is 10.4 Å². The number of aliphatic hydroxyl groups excluding tert-OH is 1. The Hall–Kier alpha value is 0.240. The van der Waals surface area contributed by atoms with Gasteiger partial charge in [0.25, 0.3) is 0 Å². The summed E-state index contributed by atoms with van der Waals surface area (Å²) >= 11 is 13.0. The number of halogens is 2. The van der Waals surface area contributed by atoms with Crippen molar-refractivity contribution in [1.82, 2.24) is 0 Å². The molecule has 1 aromatic heterocycles. The number of aliphatic hydroxyl groups is 1. The Morgan fingerprint density at radius 3 is 2.43 bits per heavy atom. The van der Waals surface area contributed by atoms with E-state index < -0.39 is 6.10 Å². The molecule has 80 valence electrons. The molecule has 1 aromatic rings. The highest BCUT2D eigenvalue weighted by Crippen LogP contribution is 2.36. The minimum atomic E-state index is -0.478. The first-order chi connectivity index (χ1) is 6.50. The van der Waals surface area contributed by atoms with Gasteiger partial charge in [-0.3, -0.25) is 0 Å². The molecule has 0 fully saturated rings. The zero-order valence-electron chi connectivity index (χ0n) is 8.26.